The molecule has 0 aliphatic rings. The summed E-state index contributed by atoms with van der Waals surface area (Å²) in [6.07, 6.45) is 2.45. The smallest absolute Gasteiger partial charge is 0.320 e. The van der Waals surface area contributed by atoms with Crippen LogP contribution in [0.3, 0.4) is 0 Å². The van der Waals surface area contributed by atoms with Crippen LogP contribution < -0.4 is 4.74 Å². The van der Waals surface area contributed by atoms with E-state index in [0.29, 0.717) is 38.6 Å². The van der Waals surface area contributed by atoms with E-state index in [1.807, 2.05) is 66.4 Å². The maximum atomic E-state index is 11.8. The molecule has 0 fully saturated rings. The predicted octanol–water partition coefficient (Wildman–Crippen LogP) is 4.82. The summed E-state index contributed by atoms with van der Waals surface area (Å²) >= 11 is 0. The zero-order valence-electron chi connectivity index (χ0n) is 18.8. The molecule has 0 amide bonds. The van der Waals surface area contributed by atoms with Gasteiger partial charge in [0.15, 0.2) is 0 Å². The Balaban J connectivity index is 1.51. The number of aryl methyl sites for hydroxylation is 1. The van der Waals surface area contributed by atoms with E-state index in [9.17, 15) is 4.79 Å². The average Bonchev–Trinajstić information content (AvgIpc) is 3.16. The summed E-state index contributed by atoms with van der Waals surface area (Å²) in [7, 11) is 0. The number of esters is 1. The quantitative estimate of drug-likeness (QED) is 0.301. The second kappa shape index (κ2) is 11.9. The Morgan fingerprint density at radius 3 is 2.59 bits per heavy atom. The lowest BCUT2D eigenvalue weighted by Gasteiger charge is -2.19. The normalized spacial score (nSPS) is 10.8. The highest BCUT2D eigenvalue weighted by Crippen LogP contribution is 2.22. The molecule has 2 aromatic carbocycles. The van der Waals surface area contributed by atoms with Crippen LogP contribution in [0.15, 0.2) is 71.7 Å². The Bertz CT molecular complexity index is 996. The van der Waals surface area contributed by atoms with E-state index >= 15 is 0 Å². The Hall–Kier alpha value is -3.38. The fourth-order valence-corrected chi connectivity index (χ4v) is 3.34. The maximum Gasteiger partial charge on any atom is 0.320 e. The number of carbonyl (C=O) groups is 1. The molecule has 0 bridgehead atoms. The molecule has 168 valence electrons. The molecule has 1 heterocycles. The van der Waals surface area contributed by atoms with Gasteiger partial charge in [0.05, 0.1) is 25.5 Å². The molecular formula is C26H30N2O4. The first kappa shape index (κ1) is 23.3. The zero-order chi connectivity index (χ0) is 22.8. The molecule has 0 saturated heterocycles. The maximum absolute atomic E-state index is 11.8. The number of benzene rings is 2. The minimum Gasteiger partial charge on any atom is -0.493 e. The number of oxazole rings is 1. The minimum atomic E-state index is -0.229. The fourth-order valence-electron chi connectivity index (χ4n) is 3.34. The third-order valence-electron chi connectivity index (χ3n) is 4.90. The molecule has 3 rings (SSSR count). The molecule has 3 aromatic rings. The molecule has 32 heavy (non-hydrogen) atoms. The molecule has 0 atom stereocenters. The lowest BCUT2D eigenvalue weighted by atomic mass is 10.2. The largest absolute Gasteiger partial charge is 0.493 e. The monoisotopic (exact) mass is 434 g/mol. The van der Waals surface area contributed by atoms with Crippen molar-refractivity contribution in [2.24, 2.45) is 0 Å². The van der Waals surface area contributed by atoms with Crippen molar-refractivity contribution in [2.75, 3.05) is 26.3 Å². The number of hydrogen-bond acceptors (Lipinski definition) is 6. The number of ether oxygens (including phenoxy) is 2. The van der Waals surface area contributed by atoms with Crippen LogP contribution in [0.2, 0.25) is 0 Å². The molecule has 0 spiro atoms. The van der Waals surface area contributed by atoms with Crippen LogP contribution in [0.25, 0.3) is 11.5 Å². The second-order valence-corrected chi connectivity index (χ2v) is 7.39. The molecule has 0 aliphatic carbocycles. The van der Waals surface area contributed by atoms with Crippen molar-refractivity contribution in [2.45, 2.75) is 26.8 Å². The second-order valence-electron chi connectivity index (χ2n) is 7.39. The van der Waals surface area contributed by atoms with Crippen LogP contribution in [0.5, 0.6) is 5.75 Å². The summed E-state index contributed by atoms with van der Waals surface area (Å²) in [5.74, 6) is 2.01. The molecule has 6 nitrogen and oxygen atoms in total. The number of aromatic nitrogens is 1. The lowest BCUT2D eigenvalue weighted by molar-refractivity contribution is -0.144. The van der Waals surface area contributed by atoms with Gasteiger partial charge in [0, 0.05) is 25.1 Å². The molecule has 0 N–H and O–H groups in total. The first-order chi connectivity index (χ1) is 15.6. The summed E-state index contributed by atoms with van der Waals surface area (Å²) in [6, 6.07) is 17.8. The van der Waals surface area contributed by atoms with E-state index in [1.54, 1.807) is 13.0 Å². The lowest BCUT2D eigenvalue weighted by Crippen LogP contribution is -2.30. The minimum absolute atomic E-state index is 0.229. The van der Waals surface area contributed by atoms with Crippen LogP contribution in [-0.2, 0) is 22.5 Å². The van der Waals surface area contributed by atoms with Crippen molar-refractivity contribution in [3.8, 4) is 17.2 Å². The zero-order valence-corrected chi connectivity index (χ0v) is 18.8. The van der Waals surface area contributed by atoms with Crippen molar-refractivity contribution in [1.29, 1.82) is 0 Å². The Morgan fingerprint density at radius 1 is 1.16 bits per heavy atom. The van der Waals surface area contributed by atoms with E-state index in [0.717, 1.165) is 28.3 Å². The van der Waals surface area contributed by atoms with Gasteiger partial charge >= 0.3 is 5.97 Å². The molecular weight excluding hydrogens is 404 g/mol. The van der Waals surface area contributed by atoms with Crippen molar-refractivity contribution < 1.29 is 18.7 Å². The van der Waals surface area contributed by atoms with Crippen molar-refractivity contribution >= 4 is 5.97 Å². The SMILES string of the molecule is C=CCN(CC(=O)OCC)Cc1ccc(OCCc2nc(-c3ccccc3)oc2C)cc1. The topological polar surface area (TPSA) is 64.8 Å². The summed E-state index contributed by atoms with van der Waals surface area (Å²) in [5.41, 5.74) is 2.95. The van der Waals surface area contributed by atoms with Gasteiger partial charge in [-0.15, -0.1) is 6.58 Å². The van der Waals surface area contributed by atoms with E-state index in [1.165, 1.54) is 0 Å². The van der Waals surface area contributed by atoms with E-state index in [4.69, 9.17) is 13.9 Å². The van der Waals surface area contributed by atoms with Crippen LogP contribution in [0.1, 0.15) is 23.9 Å². The predicted molar refractivity (Wildman–Crippen MR) is 124 cm³/mol. The van der Waals surface area contributed by atoms with E-state index in [-0.39, 0.29) is 12.5 Å². The van der Waals surface area contributed by atoms with Crippen LogP contribution in [-0.4, -0.2) is 42.2 Å². The highest BCUT2D eigenvalue weighted by atomic mass is 16.5. The van der Waals surface area contributed by atoms with Gasteiger partial charge < -0.3 is 13.9 Å². The molecule has 0 unspecified atom stereocenters. The fraction of sp³-hybridized carbons (Fsp3) is 0.308. The van der Waals surface area contributed by atoms with Gasteiger partial charge in [0.25, 0.3) is 0 Å². The Labute approximate surface area is 189 Å². The van der Waals surface area contributed by atoms with Gasteiger partial charge in [-0.05, 0) is 43.7 Å². The van der Waals surface area contributed by atoms with Crippen LogP contribution >= 0.6 is 0 Å². The Morgan fingerprint density at radius 2 is 1.91 bits per heavy atom. The number of nitrogens with zero attached hydrogens (tertiary/aromatic N) is 2. The molecule has 1 aromatic heterocycles. The first-order valence-electron chi connectivity index (χ1n) is 10.8. The van der Waals surface area contributed by atoms with E-state index in [2.05, 4.69) is 11.6 Å². The summed E-state index contributed by atoms with van der Waals surface area (Å²) < 4.78 is 16.8. The van der Waals surface area contributed by atoms with Crippen molar-refractivity contribution in [3.05, 3.63) is 84.3 Å². The Kier molecular flexibility index (Phi) is 8.63. The standard InChI is InChI=1S/C26H30N2O4/c1-4-16-28(19-25(29)30-5-2)18-21-11-13-23(14-12-21)31-17-15-24-20(3)32-26(27-24)22-9-7-6-8-10-22/h4,6-14H,1,5,15-19H2,2-3H3. The summed E-state index contributed by atoms with van der Waals surface area (Å²) in [6.45, 7) is 9.87. The summed E-state index contributed by atoms with van der Waals surface area (Å²) in [4.78, 5) is 18.4. The van der Waals surface area contributed by atoms with Crippen molar-refractivity contribution in [3.63, 3.8) is 0 Å². The number of carbonyl (C=O) groups excluding carboxylic acids is 1. The van der Waals surface area contributed by atoms with Gasteiger partial charge in [-0.3, -0.25) is 9.69 Å². The van der Waals surface area contributed by atoms with E-state index < -0.39 is 0 Å². The van der Waals surface area contributed by atoms with Crippen LogP contribution in [0, 0.1) is 6.92 Å². The average molecular weight is 435 g/mol. The van der Waals surface area contributed by atoms with Gasteiger partial charge in [0.1, 0.15) is 11.5 Å². The highest BCUT2D eigenvalue weighted by molar-refractivity contribution is 5.71. The third-order valence-corrected chi connectivity index (χ3v) is 4.90. The van der Waals surface area contributed by atoms with Crippen molar-refractivity contribution in [1.82, 2.24) is 9.88 Å². The first-order valence-corrected chi connectivity index (χ1v) is 10.8. The summed E-state index contributed by atoms with van der Waals surface area (Å²) in [5, 5.41) is 0. The molecule has 0 radical (unpaired) electrons. The van der Waals surface area contributed by atoms with Gasteiger partial charge in [-0.25, -0.2) is 4.98 Å². The molecule has 6 heteroatoms. The molecule has 0 saturated carbocycles. The number of hydrogen-bond donors (Lipinski definition) is 0. The third kappa shape index (κ3) is 6.82. The molecule has 0 aliphatic heterocycles. The van der Waals surface area contributed by atoms with Gasteiger partial charge in [-0.1, -0.05) is 36.4 Å². The van der Waals surface area contributed by atoms with Gasteiger partial charge in [0.2, 0.25) is 5.89 Å². The number of rotatable bonds is 12. The van der Waals surface area contributed by atoms with Crippen LogP contribution in [0.4, 0.5) is 0 Å². The van der Waals surface area contributed by atoms with Gasteiger partial charge in [-0.2, -0.15) is 0 Å². The highest BCUT2D eigenvalue weighted by Gasteiger charge is 2.12.